The number of unbranched alkanes of at least 4 members (excludes halogenated alkanes) is 3. The predicted octanol–water partition coefficient (Wildman–Crippen LogP) is 3.57. The number of carbonyl (C=O) groups excluding carboxylic acids is 1. The standard InChI is InChI=1S/C18H28FN3O2.HI/c1-20-18(21-13-7-5-4-6-8-17(23)24-3)22(2)14-15-9-11-16(19)12-10-15;/h9-12H,4-8,13-14H2,1-3H3,(H,20,21);1H. The lowest BCUT2D eigenvalue weighted by atomic mass is 10.1. The van der Waals surface area contributed by atoms with E-state index in [9.17, 15) is 9.18 Å². The molecule has 1 aromatic rings. The molecule has 0 saturated heterocycles. The molecule has 0 fully saturated rings. The van der Waals surface area contributed by atoms with Crippen LogP contribution in [0.25, 0.3) is 0 Å². The molecule has 0 aliphatic rings. The number of benzene rings is 1. The zero-order chi connectivity index (χ0) is 17.8. The topological polar surface area (TPSA) is 53.9 Å². The molecule has 1 N–H and O–H groups in total. The van der Waals surface area contributed by atoms with Crippen LogP contribution in [0.3, 0.4) is 0 Å². The monoisotopic (exact) mass is 465 g/mol. The number of carbonyl (C=O) groups is 1. The summed E-state index contributed by atoms with van der Waals surface area (Å²) in [6, 6.07) is 6.49. The first-order valence-electron chi connectivity index (χ1n) is 8.30. The molecule has 142 valence electrons. The molecule has 0 unspecified atom stereocenters. The van der Waals surface area contributed by atoms with E-state index in [0.29, 0.717) is 13.0 Å². The molecule has 0 amide bonds. The highest BCUT2D eigenvalue weighted by Crippen LogP contribution is 2.06. The lowest BCUT2D eigenvalue weighted by Gasteiger charge is -2.22. The quantitative estimate of drug-likeness (QED) is 0.199. The summed E-state index contributed by atoms with van der Waals surface area (Å²) in [7, 11) is 5.12. The van der Waals surface area contributed by atoms with E-state index in [1.807, 2.05) is 11.9 Å². The van der Waals surface area contributed by atoms with Gasteiger partial charge in [0, 0.05) is 33.6 Å². The number of ether oxygens (including phenoxy) is 1. The van der Waals surface area contributed by atoms with Crippen LogP contribution in [0, 0.1) is 5.82 Å². The average molecular weight is 465 g/mol. The third kappa shape index (κ3) is 10.3. The molecule has 7 heteroatoms. The molecule has 0 aliphatic heterocycles. The van der Waals surface area contributed by atoms with E-state index in [1.165, 1.54) is 19.2 Å². The summed E-state index contributed by atoms with van der Waals surface area (Å²) in [5.74, 6) is 0.445. The van der Waals surface area contributed by atoms with E-state index in [0.717, 1.165) is 43.8 Å². The minimum Gasteiger partial charge on any atom is -0.469 e. The van der Waals surface area contributed by atoms with E-state index in [2.05, 4.69) is 15.0 Å². The summed E-state index contributed by atoms with van der Waals surface area (Å²) in [6.45, 7) is 1.50. The van der Waals surface area contributed by atoms with Crippen molar-refractivity contribution >= 4 is 35.9 Å². The van der Waals surface area contributed by atoms with Crippen molar-refractivity contribution in [2.24, 2.45) is 4.99 Å². The first-order chi connectivity index (χ1) is 11.6. The third-order valence-electron chi connectivity index (χ3n) is 3.72. The summed E-state index contributed by atoms with van der Waals surface area (Å²) in [4.78, 5) is 17.3. The van der Waals surface area contributed by atoms with Gasteiger partial charge in [-0.15, -0.1) is 24.0 Å². The Morgan fingerprint density at radius 2 is 1.84 bits per heavy atom. The Balaban J connectivity index is 0.00000576. The summed E-state index contributed by atoms with van der Waals surface area (Å²) in [6.07, 6.45) is 4.45. The molecular weight excluding hydrogens is 436 g/mol. The summed E-state index contributed by atoms with van der Waals surface area (Å²) in [5.41, 5.74) is 1.03. The molecule has 0 aliphatic carbocycles. The fraction of sp³-hybridized carbons (Fsp3) is 0.556. The highest BCUT2D eigenvalue weighted by Gasteiger charge is 2.06. The molecule has 0 saturated carbocycles. The Kier molecular flexibility index (Phi) is 13.1. The number of aliphatic imine (C=N–C) groups is 1. The summed E-state index contributed by atoms with van der Waals surface area (Å²) < 4.78 is 17.5. The van der Waals surface area contributed by atoms with Crippen LogP contribution in [-0.2, 0) is 16.1 Å². The Hall–Kier alpha value is -1.38. The number of methoxy groups -OCH3 is 1. The molecule has 5 nitrogen and oxygen atoms in total. The van der Waals surface area contributed by atoms with Crippen molar-refractivity contribution < 1.29 is 13.9 Å². The molecule has 0 bridgehead atoms. The van der Waals surface area contributed by atoms with Gasteiger partial charge in [0.15, 0.2) is 5.96 Å². The van der Waals surface area contributed by atoms with Crippen LogP contribution in [0.15, 0.2) is 29.3 Å². The lowest BCUT2D eigenvalue weighted by Crippen LogP contribution is -2.38. The van der Waals surface area contributed by atoms with Gasteiger partial charge in [0.2, 0.25) is 0 Å². The molecule has 0 heterocycles. The van der Waals surface area contributed by atoms with Gasteiger partial charge in [-0.1, -0.05) is 25.0 Å². The van der Waals surface area contributed by atoms with Crippen LogP contribution in [0.5, 0.6) is 0 Å². The van der Waals surface area contributed by atoms with Crippen molar-refractivity contribution in [2.45, 2.75) is 38.6 Å². The Bertz CT molecular complexity index is 524. The van der Waals surface area contributed by atoms with E-state index in [4.69, 9.17) is 0 Å². The first-order valence-corrected chi connectivity index (χ1v) is 8.30. The molecule has 0 spiro atoms. The maximum absolute atomic E-state index is 12.9. The van der Waals surface area contributed by atoms with Gasteiger partial charge in [-0.2, -0.15) is 0 Å². The second-order valence-electron chi connectivity index (χ2n) is 5.70. The van der Waals surface area contributed by atoms with Crippen LogP contribution in [0.2, 0.25) is 0 Å². The molecule has 0 atom stereocenters. The Morgan fingerprint density at radius 1 is 1.20 bits per heavy atom. The predicted molar refractivity (Wildman–Crippen MR) is 110 cm³/mol. The maximum atomic E-state index is 12.9. The van der Waals surface area contributed by atoms with Gasteiger partial charge in [0.1, 0.15) is 5.82 Å². The second kappa shape index (κ2) is 13.9. The van der Waals surface area contributed by atoms with Gasteiger partial charge in [-0.25, -0.2) is 4.39 Å². The van der Waals surface area contributed by atoms with Crippen molar-refractivity contribution in [2.75, 3.05) is 27.7 Å². The number of nitrogens with one attached hydrogen (secondary N) is 1. The molecule has 1 aromatic carbocycles. The van der Waals surface area contributed by atoms with E-state index >= 15 is 0 Å². The second-order valence-corrected chi connectivity index (χ2v) is 5.70. The highest BCUT2D eigenvalue weighted by molar-refractivity contribution is 14.0. The molecule has 1 rings (SSSR count). The zero-order valence-electron chi connectivity index (χ0n) is 15.3. The SMILES string of the molecule is CN=C(NCCCCCCC(=O)OC)N(C)Cc1ccc(F)cc1.I. The van der Waals surface area contributed by atoms with E-state index < -0.39 is 0 Å². The van der Waals surface area contributed by atoms with Crippen molar-refractivity contribution in [3.05, 3.63) is 35.6 Å². The number of esters is 1. The normalized spacial score (nSPS) is 10.8. The van der Waals surface area contributed by atoms with Crippen molar-refractivity contribution in [1.29, 1.82) is 0 Å². The van der Waals surface area contributed by atoms with Gasteiger partial charge in [-0.05, 0) is 30.5 Å². The van der Waals surface area contributed by atoms with Crippen LogP contribution >= 0.6 is 24.0 Å². The van der Waals surface area contributed by atoms with Crippen molar-refractivity contribution in [1.82, 2.24) is 10.2 Å². The van der Waals surface area contributed by atoms with Gasteiger partial charge in [-0.3, -0.25) is 9.79 Å². The molecule has 0 aromatic heterocycles. The smallest absolute Gasteiger partial charge is 0.305 e. The average Bonchev–Trinajstić information content (AvgIpc) is 2.59. The fourth-order valence-corrected chi connectivity index (χ4v) is 2.37. The molecular formula is C18H29FIN3O2. The van der Waals surface area contributed by atoms with Gasteiger partial charge >= 0.3 is 5.97 Å². The summed E-state index contributed by atoms with van der Waals surface area (Å²) in [5, 5.41) is 3.32. The lowest BCUT2D eigenvalue weighted by molar-refractivity contribution is -0.140. The largest absolute Gasteiger partial charge is 0.469 e. The minimum atomic E-state index is -0.226. The van der Waals surface area contributed by atoms with Crippen LogP contribution < -0.4 is 5.32 Å². The Labute approximate surface area is 167 Å². The van der Waals surface area contributed by atoms with Gasteiger partial charge < -0.3 is 15.0 Å². The maximum Gasteiger partial charge on any atom is 0.305 e. The van der Waals surface area contributed by atoms with Crippen molar-refractivity contribution in [3.8, 4) is 0 Å². The fourth-order valence-electron chi connectivity index (χ4n) is 2.37. The minimum absolute atomic E-state index is 0. The van der Waals surface area contributed by atoms with Gasteiger partial charge in [0.25, 0.3) is 0 Å². The van der Waals surface area contributed by atoms with Crippen LogP contribution in [-0.4, -0.2) is 44.6 Å². The molecule has 25 heavy (non-hydrogen) atoms. The third-order valence-corrected chi connectivity index (χ3v) is 3.72. The zero-order valence-corrected chi connectivity index (χ0v) is 17.6. The number of nitrogens with zero attached hydrogens (tertiary/aromatic N) is 2. The van der Waals surface area contributed by atoms with Gasteiger partial charge in [0.05, 0.1) is 7.11 Å². The number of halogens is 2. The number of rotatable bonds is 9. The number of guanidine groups is 1. The van der Waals surface area contributed by atoms with Crippen molar-refractivity contribution in [3.63, 3.8) is 0 Å². The van der Waals surface area contributed by atoms with E-state index in [-0.39, 0.29) is 35.8 Å². The molecule has 0 radical (unpaired) electrons. The highest BCUT2D eigenvalue weighted by atomic mass is 127. The first kappa shape index (κ1) is 23.6. The number of hydrogen-bond acceptors (Lipinski definition) is 3. The summed E-state index contributed by atoms with van der Waals surface area (Å²) >= 11 is 0. The van der Waals surface area contributed by atoms with Crippen LogP contribution in [0.4, 0.5) is 4.39 Å². The van der Waals surface area contributed by atoms with E-state index in [1.54, 1.807) is 19.2 Å². The Morgan fingerprint density at radius 3 is 2.44 bits per heavy atom. The number of hydrogen-bond donors (Lipinski definition) is 1. The van der Waals surface area contributed by atoms with Crippen LogP contribution in [0.1, 0.15) is 37.7 Å².